The van der Waals surface area contributed by atoms with Crippen LogP contribution in [0.15, 0.2) is 297 Å². The third-order valence-electron chi connectivity index (χ3n) is 14.8. The Morgan fingerprint density at radius 1 is 0.236 bits per heavy atom. The van der Waals surface area contributed by atoms with Gasteiger partial charge in [-0.3, -0.25) is 0 Å². The first-order chi connectivity index (χ1) is 35.7. The molecule has 0 saturated heterocycles. The minimum Gasteiger partial charge on any atom is -0.310 e. The topological polar surface area (TPSA) is 3.24 Å². The fourth-order valence-electron chi connectivity index (χ4n) is 11.5. The van der Waals surface area contributed by atoms with Crippen LogP contribution in [0.4, 0.5) is 17.1 Å². The SMILES string of the molecule is c1ccc(-c2cc(-c3ccccc3)c(-c3ccc(N(c4ccc(-c5cccc6ccccc56)cc4)c4ccc5c(c4)C(c4ccccc4)(c4ccccc4)c4ccccc4-5)cc3)c(-c3ccccc3)c2)cc1. The summed E-state index contributed by atoms with van der Waals surface area (Å²) in [7, 11) is 0. The summed E-state index contributed by atoms with van der Waals surface area (Å²) >= 11 is 0. The van der Waals surface area contributed by atoms with Crippen LogP contribution in [-0.2, 0) is 5.41 Å². The predicted molar refractivity (Wildman–Crippen MR) is 303 cm³/mol. The number of nitrogens with zero attached hydrogens (tertiary/aromatic N) is 1. The molecule has 1 heteroatoms. The first-order valence-corrected chi connectivity index (χ1v) is 24.9. The molecule has 0 unspecified atom stereocenters. The number of anilines is 3. The minimum absolute atomic E-state index is 0.536. The lowest BCUT2D eigenvalue weighted by Gasteiger charge is -2.35. The predicted octanol–water partition coefficient (Wildman–Crippen LogP) is 19.0. The van der Waals surface area contributed by atoms with E-state index in [2.05, 4.69) is 302 Å². The molecule has 0 spiro atoms. The average Bonchev–Trinajstić information content (AvgIpc) is 3.76. The molecule has 0 bridgehead atoms. The van der Waals surface area contributed by atoms with Crippen molar-refractivity contribution in [3.63, 3.8) is 0 Å². The van der Waals surface area contributed by atoms with Crippen molar-refractivity contribution in [3.05, 3.63) is 320 Å². The smallest absolute Gasteiger partial charge is 0.0714 e. The maximum absolute atomic E-state index is 2.46. The van der Waals surface area contributed by atoms with Gasteiger partial charge in [-0.15, -0.1) is 0 Å². The summed E-state index contributed by atoms with van der Waals surface area (Å²) in [5.41, 5.74) is 22.2. The second kappa shape index (κ2) is 18.2. The zero-order valence-electron chi connectivity index (χ0n) is 39.7. The summed E-state index contributed by atoms with van der Waals surface area (Å²) in [6.07, 6.45) is 0. The Hall–Kier alpha value is -9.30. The Balaban J connectivity index is 1.01. The molecule has 338 valence electrons. The number of benzene rings is 12. The van der Waals surface area contributed by atoms with Crippen molar-refractivity contribution in [1.82, 2.24) is 0 Å². The average molecular weight is 916 g/mol. The van der Waals surface area contributed by atoms with Gasteiger partial charge in [-0.1, -0.05) is 249 Å². The van der Waals surface area contributed by atoms with Crippen molar-refractivity contribution in [1.29, 1.82) is 0 Å². The highest BCUT2D eigenvalue weighted by atomic mass is 15.1. The summed E-state index contributed by atoms with van der Waals surface area (Å²) < 4.78 is 0. The van der Waals surface area contributed by atoms with Crippen molar-refractivity contribution in [2.24, 2.45) is 0 Å². The van der Waals surface area contributed by atoms with E-state index in [1.807, 2.05) is 0 Å². The van der Waals surface area contributed by atoms with Crippen molar-refractivity contribution in [2.45, 2.75) is 5.41 Å². The van der Waals surface area contributed by atoms with Crippen LogP contribution < -0.4 is 4.90 Å². The largest absolute Gasteiger partial charge is 0.310 e. The molecule has 0 atom stereocenters. The lowest BCUT2D eigenvalue weighted by atomic mass is 9.67. The molecule has 0 amide bonds. The number of hydrogen-bond acceptors (Lipinski definition) is 1. The van der Waals surface area contributed by atoms with Crippen LogP contribution in [0, 0.1) is 0 Å². The summed E-state index contributed by atoms with van der Waals surface area (Å²) in [5, 5.41) is 2.49. The maximum Gasteiger partial charge on any atom is 0.0714 e. The Labute approximate surface area is 422 Å². The molecule has 0 aromatic heterocycles. The van der Waals surface area contributed by atoms with Crippen LogP contribution in [0.2, 0.25) is 0 Å². The van der Waals surface area contributed by atoms with Gasteiger partial charge in [-0.2, -0.15) is 0 Å². The highest BCUT2D eigenvalue weighted by molar-refractivity contribution is 5.99. The molecule has 1 nitrogen and oxygen atoms in total. The van der Waals surface area contributed by atoms with Crippen LogP contribution in [0.5, 0.6) is 0 Å². The standard InChI is InChI=1S/C71H49N/c1-6-21-50(22-7-1)56-47-66(52-23-8-2-9-24-52)70(67(48-56)53-25-10-3-11-26-53)55-39-43-60(44-40-55)72(59-41-37-54(38-42-59)63-35-20-28-51-27-16-17-33-62(51)63)61-45-46-65-64-34-18-19-36-68(64)71(69(65)49-61,57-29-12-4-13-30-57)58-31-14-5-15-32-58/h1-49H. The molecule has 0 heterocycles. The third kappa shape index (κ3) is 7.34. The van der Waals surface area contributed by atoms with Gasteiger partial charge in [-0.25, -0.2) is 0 Å². The molecule has 72 heavy (non-hydrogen) atoms. The molecular weight excluding hydrogens is 867 g/mol. The van der Waals surface area contributed by atoms with Crippen LogP contribution in [0.25, 0.3) is 77.5 Å². The van der Waals surface area contributed by atoms with E-state index in [0.717, 1.165) is 22.6 Å². The summed E-state index contributed by atoms with van der Waals surface area (Å²) in [4.78, 5) is 2.44. The van der Waals surface area contributed by atoms with Crippen molar-refractivity contribution < 1.29 is 0 Å². The highest BCUT2D eigenvalue weighted by Gasteiger charge is 2.46. The molecule has 0 fully saturated rings. The summed E-state index contributed by atoms with van der Waals surface area (Å²) in [6.45, 7) is 0. The lowest BCUT2D eigenvalue weighted by molar-refractivity contribution is 0.768. The Kier molecular flexibility index (Phi) is 10.8. The highest BCUT2D eigenvalue weighted by Crippen LogP contribution is 2.57. The van der Waals surface area contributed by atoms with Gasteiger partial charge in [0.1, 0.15) is 0 Å². The van der Waals surface area contributed by atoms with E-state index in [9.17, 15) is 0 Å². The molecular formula is C71H49N. The molecule has 12 aromatic rings. The third-order valence-corrected chi connectivity index (χ3v) is 14.8. The van der Waals surface area contributed by atoms with Gasteiger partial charge >= 0.3 is 0 Å². The van der Waals surface area contributed by atoms with E-state index in [-0.39, 0.29) is 0 Å². The molecule has 0 aliphatic heterocycles. The molecule has 12 aromatic carbocycles. The summed E-state index contributed by atoms with van der Waals surface area (Å²) in [6, 6.07) is 109. The molecule has 0 N–H and O–H groups in total. The molecule has 1 aliphatic carbocycles. The van der Waals surface area contributed by atoms with Crippen molar-refractivity contribution in [3.8, 4) is 66.8 Å². The van der Waals surface area contributed by atoms with Crippen LogP contribution >= 0.6 is 0 Å². The van der Waals surface area contributed by atoms with Crippen molar-refractivity contribution in [2.75, 3.05) is 4.90 Å². The van der Waals surface area contributed by atoms with E-state index in [0.29, 0.717) is 0 Å². The van der Waals surface area contributed by atoms with Crippen LogP contribution in [0.1, 0.15) is 22.3 Å². The second-order valence-corrected chi connectivity index (χ2v) is 18.8. The van der Waals surface area contributed by atoms with Gasteiger partial charge in [0.25, 0.3) is 0 Å². The fraction of sp³-hybridized carbons (Fsp3) is 0.0141. The number of fused-ring (bicyclic) bond motifs is 4. The molecule has 0 saturated carbocycles. The normalized spacial score (nSPS) is 12.3. The van der Waals surface area contributed by atoms with E-state index >= 15 is 0 Å². The number of rotatable bonds is 10. The molecule has 0 radical (unpaired) electrons. The Morgan fingerprint density at radius 3 is 1.26 bits per heavy atom. The van der Waals surface area contributed by atoms with Gasteiger partial charge < -0.3 is 4.90 Å². The Morgan fingerprint density at radius 2 is 0.667 bits per heavy atom. The Bertz CT molecular complexity index is 3760. The van der Waals surface area contributed by atoms with Gasteiger partial charge in [-0.05, 0) is 148 Å². The fourth-order valence-corrected chi connectivity index (χ4v) is 11.5. The lowest BCUT2D eigenvalue weighted by Crippen LogP contribution is -2.28. The van der Waals surface area contributed by atoms with E-state index in [1.165, 1.54) is 94.2 Å². The maximum atomic E-state index is 2.46. The second-order valence-electron chi connectivity index (χ2n) is 18.8. The van der Waals surface area contributed by atoms with Gasteiger partial charge in [0.2, 0.25) is 0 Å². The molecule has 13 rings (SSSR count). The van der Waals surface area contributed by atoms with E-state index in [4.69, 9.17) is 0 Å². The number of hydrogen-bond donors (Lipinski definition) is 0. The zero-order chi connectivity index (χ0) is 47.8. The zero-order valence-corrected chi connectivity index (χ0v) is 39.7. The van der Waals surface area contributed by atoms with Gasteiger partial charge in [0, 0.05) is 17.1 Å². The van der Waals surface area contributed by atoms with Crippen molar-refractivity contribution >= 4 is 27.8 Å². The minimum atomic E-state index is -0.536. The first kappa shape index (κ1) is 42.8. The summed E-state index contributed by atoms with van der Waals surface area (Å²) in [5.74, 6) is 0. The quantitative estimate of drug-likeness (QED) is 0.132. The van der Waals surface area contributed by atoms with Crippen LogP contribution in [0.3, 0.4) is 0 Å². The molecule has 1 aliphatic rings. The van der Waals surface area contributed by atoms with Gasteiger partial charge in [0.05, 0.1) is 5.41 Å². The van der Waals surface area contributed by atoms with Crippen LogP contribution in [-0.4, -0.2) is 0 Å². The first-order valence-electron chi connectivity index (χ1n) is 24.9. The van der Waals surface area contributed by atoms with Gasteiger partial charge in [0.15, 0.2) is 0 Å². The monoisotopic (exact) mass is 915 g/mol. The van der Waals surface area contributed by atoms with E-state index in [1.54, 1.807) is 0 Å². The van der Waals surface area contributed by atoms with E-state index < -0.39 is 5.41 Å².